The summed E-state index contributed by atoms with van der Waals surface area (Å²) < 4.78 is 11.3. The van der Waals surface area contributed by atoms with Gasteiger partial charge in [0.2, 0.25) is 0 Å². The average Bonchev–Trinajstić information content (AvgIpc) is 3.02. The van der Waals surface area contributed by atoms with E-state index in [1.54, 1.807) is 0 Å². The quantitative estimate of drug-likeness (QED) is 0.515. The summed E-state index contributed by atoms with van der Waals surface area (Å²) in [6, 6.07) is 0. The third-order valence-electron chi connectivity index (χ3n) is 3.77. The van der Waals surface area contributed by atoms with Gasteiger partial charge in [-0.15, -0.1) is 0 Å². The lowest BCUT2D eigenvalue weighted by molar-refractivity contribution is 0.313. The molecule has 2 atom stereocenters. The smallest absolute Gasteiger partial charge is 0.173 e. The lowest BCUT2D eigenvalue weighted by Gasteiger charge is -2.08. The van der Waals surface area contributed by atoms with Crippen LogP contribution in [0.1, 0.15) is 6.42 Å². The summed E-state index contributed by atoms with van der Waals surface area (Å²) in [5, 5.41) is 0. The highest BCUT2D eigenvalue weighted by Gasteiger charge is 2.81. The number of ether oxygens (including phenoxy) is 2. The molecule has 1 saturated carbocycles. The molecule has 0 aromatic heterocycles. The molecule has 2 bridgehead atoms. The van der Waals surface area contributed by atoms with Crippen LogP contribution in [0.15, 0.2) is 47.0 Å². The Morgan fingerprint density at radius 3 is 2.23 bits per heavy atom. The number of hydrogen-bond donors (Lipinski definition) is 0. The molecular weight excluding hydrogens is 164 g/mol. The van der Waals surface area contributed by atoms with Crippen LogP contribution in [0.5, 0.6) is 0 Å². The van der Waals surface area contributed by atoms with Crippen molar-refractivity contribution < 1.29 is 9.47 Å². The van der Waals surface area contributed by atoms with E-state index in [1.807, 2.05) is 0 Å². The molecule has 5 rings (SSSR count). The van der Waals surface area contributed by atoms with Crippen molar-refractivity contribution in [2.24, 2.45) is 0 Å². The minimum atomic E-state index is -0.105. The first-order valence-electron chi connectivity index (χ1n) is 4.60. The molecule has 0 radical (unpaired) electrons. The van der Waals surface area contributed by atoms with Gasteiger partial charge in [0.1, 0.15) is 0 Å². The van der Waals surface area contributed by atoms with E-state index in [2.05, 4.69) is 24.3 Å². The lowest BCUT2D eigenvalue weighted by atomic mass is 9.85. The van der Waals surface area contributed by atoms with Gasteiger partial charge in [-0.05, 0) is 12.2 Å². The van der Waals surface area contributed by atoms with E-state index >= 15 is 0 Å². The molecule has 2 saturated heterocycles. The van der Waals surface area contributed by atoms with Crippen molar-refractivity contribution in [1.82, 2.24) is 0 Å². The fraction of sp³-hybridized carbons (Fsp3) is 0.273. The summed E-state index contributed by atoms with van der Waals surface area (Å²) in [6.45, 7) is 0. The Bertz CT molecular complexity index is 462. The van der Waals surface area contributed by atoms with Crippen molar-refractivity contribution in [3.63, 3.8) is 0 Å². The highest BCUT2D eigenvalue weighted by Crippen LogP contribution is 2.75. The maximum atomic E-state index is 5.91. The van der Waals surface area contributed by atoms with E-state index in [4.69, 9.17) is 9.47 Å². The standard InChI is InChI=1S/C11H6O2/c1-2-4-11-7-5-6(8-9(7)12-8)10(11,3-1)13-11/h1-4H,5H2. The van der Waals surface area contributed by atoms with E-state index in [0.717, 1.165) is 17.9 Å². The van der Waals surface area contributed by atoms with Crippen molar-refractivity contribution in [3.8, 4) is 0 Å². The van der Waals surface area contributed by atoms with E-state index in [9.17, 15) is 0 Å². The molecule has 0 amide bonds. The molecular formula is C11H6O2. The van der Waals surface area contributed by atoms with Crippen molar-refractivity contribution in [1.29, 1.82) is 0 Å². The molecule has 3 aliphatic carbocycles. The first-order chi connectivity index (χ1) is 6.37. The second kappa shape index (κ2) is 1.15. The van der Waals surface area contributed by atoms with Crippen LogP contribution in [-0.2, 0) is 9.47 Å². The average molecular weight is 170 g/mol. The van der Waals surface area contributed by atoms with Gasteiger partial charge in [-0.25, -0.2) is 0 Å². The molecule has 3 fully saturated rings. The maximum absolute atomic E-state index is 5.91. The fourth-order valence-electron chi connectivity index (χ4n) is 3.11. The van der Waals surface area contributed by atoms with Crippen LogP contribution in [0, 0.1) is 0 Å². The van der Waals surface area contributed by atoms with Gasteiger partial charge in [0, 0.05) is 17.6 Å². The molecule has 0 spiro atoms. The van der Waals surface area contributed by atoms with Crippen LogP contribution < -0.4 is 0 Å². The van der Waals surface area contributed by atoms with Crippen molar-refractivity contribution in [2.45, 2.75) is 17.6 Å². The Labute approximate surface area is 74.8 Å². The van der Waals surface area contributed by atoms with Gasteiger partial charge in [-0.3, -0.25) is 0 Å². The zero-order valence-corrected chi connectivity index (χ0v) is 6.83. The predicted molar refractivity (Wildman–Crippen MR) is 44.6 cm³/mol. The highest BCUT2D eigenvalue weighted by atomic mass is 16.6. The zero-order chi connectivity index (χ0) is 8.26. The molecule has 2 aliphatic heterocycles. The molecule has 0 N–H and O–H groups in total. The number of epoxide rings is 2. The molecule has 0 aromatic carbocycles. The topological polar surface area (TPSA) is 25.1 Å². The molecule has 2 unspecified atom stereocenters. The molecule has 62 valence electrons. The second-order valence-corrected chi connectivity index (χ2v) is 4.19. The van der Waals surface area contributed by atoms with Gasteiger partial charge in [0.25, 0.3) is 0 Å². The minimum Gasteiger partial charge on any atom is -0.449 e. The highest BCUT2D eigenvalue weighted by molar-refractivity contribution is 5.74. The van der Waals surface area contributed by atoms with E-state index < -0.39 is 0 Å². The van der Waals surface area contributed by atoms with Crippen LogP contribution >= 0.6 is 0 Å². The SMILES string of the molecule is C1=CC23OC2(C=C1)C1=C2OC2=C3C1. The summed E-state index contributed by atoms with van der Waals surface area (Å²) in [6.07, 6.45) is 9.56. The summed E-state index contributed by atoms with van der Waals surface area (Å²) in [5.41, 5.74) is 2.51. The third kappa shape index (κ3) is 0.317. The predicted octanol–water partition coefficient (Wildman–Crippen LogP) is 1.58. The van der Waals surface area contributed by atoms with Gasteiger partial charge in [0.15, 0.2) is 22.7 Å². The molecule has 5 aliphatic rings. The van der Waals surface area contributed by atoms with Gasteiger partial charge >= 0.3 is 0 Å². The summed E-state index contributed by atoms with van der Waals surface area (Å²) in [5.74, 6) is 2.26. The monoisotopic (exact) mass is 170 g/mol. The zero-order valence-electron chi connectivity index (χ0n) is 6.83. The third-order valence-corrected chi connectivity index (χ3v) is 3.77. The van der Waals surface area contributed by atoms with Crippen LogP contribution in [0.3, 0.4) is 0 Å². The Morgan fingerprint density at radius 2 is 1.62 bits per heavy atom. The maximum Gasteiger partial charge on any atom is 0.173 e. The normalized spacial score (nSPS) is 50.5. The first-order valence-corrected chi connectivity index (χ1v) is 4.60. The number of hydrogen-bond acceptors (Lipinski definition) is 2. The second-order valence-electron chi connectivity index (χ2n) is 4.19. The molecule has 2 heteroatoms. The van der Waals surface area contributed by atoms with Crippen LogP contribution in [0.2, 0.25) is 0 Å². The molecule has 13 heavy (non-hydrogen) atoms. The first kappa shape index (κ1) is 5.45. The number of allylic oxidation sites excluding steroid dienone is 2. The van der Waals surface area contributed by atoms with Crippen molar-refractivity contribution in [3.05, 3.63) is 47.0 Å². The van der Waals surface area contributed by atoms with Crippen molar-refractivity contribution >= 4 is 0 Å². The number of rotatable bonds is 0. The van der Waals surface area contributed by atoms with Crippen LogP contribution in [-0.4, -0.2) is 11.2 Å². The Balaban J connectivity index is 1.97. The van der Waals surface area contributed by atoms with Gasteiger partial charge < -0.3 is 9.47 Å². The van der Waals surface area contributed by atoms with Crippen LogP contribution in [0.4, 0.5) is 0 Å². The summed E-state index contributed by atoms with van der Waals surface area (Å²) >= 11 is 0. The fourth-order valence-corrected chi connectivity index (χ4v) is 3.11. The Hall–Kier alpha value is -1.28. The molecule has 0 aromatic rings. The van der Waals surface area contributed by atoms with Gasteiger partial charge in [-0.2, -0.15) is 0 Å². The van der Waals surface area contributed by atoms with E-state index in [0.29, 0.717) is 0 Å². The van der Waals surface area contributed by atoms with Crippen LogP contribution in [0.25, 0.3) is 0 Å². The Morgan fingerprint density at radius 1 is 1.00 bits per heavy atom. The summed E-state index contributed by atoms with van der Waals surface area (Å²) in [4.78, 5) is 0. The summed E-state index contributed by atoms with van der Waals surface area (Å²) in [7, 11) is 0. The minimum absolute atomic E-state index is 0.105. The van der Waals surface area contributed by atoms with E-state index in [-0.39, 0.29) is 11.2 Å². The largest absolute Gasteiger partial charge is 0.449 e. The van der Waals surface area contributed by atoms with Gasteiger partial charge in [0.05, 0.1) is 0 Å². The van der Waals surface area contributed by atoms with Gasteiger partial charge in [-0.1, -0.05) is 12.2 Å². The lowest BCUT2D eigenvalue weighted by Crippen LogP contribution is -2.21. The van der Waals surface area contributed by atoms with E-state index in [1.165, 1.54) is 11.1 Å². The molecule has 2 nitrogen and oxygen atoms in total. The van der Waals surface area contributed by atoms with Crippen molar-refractivity contribution in [2.75, 3.05) is 0 Å². The Kier molecular flexibility index (Phi) is 0.481. The number of fused-ring (bicyclic) bond motifs is 3. The molecule has 2 heterocycles.